The molecule has 3 aliphatic carbocycles. The van der Waals surface area contributed by atoms with E-state index in [0.717, 1.165) is 61.6 Å². The third-order valence-corrected chi connectivity index (χ3v) is 17.9. The molecule has 370 valence electrons. The number of benzene rings is 11. The zero-order chi connectivity index (χ0) is 51.4. The van der Waals surface area contributed by atoms with Crippen LogP contribution in [0.15, 0.2) is 271 Å². The molecule has 1 fully saturated rings. The predicted octanol–water partition coefficient (Wildman–Crippen LogP) is 20.3. The average Bonchev–Trinajstić information content (AvgIpc) is 4.03. The zero-order valence-electron chi connectivity index (χ0n) is 43.2. The van der Waals surface area contributed by atoms with Crippen molar-refractivity contribution in [2.75, 3.05) is 9.80 Å². The average molecular weight is 999 g/mol. The second kappa shape index (κ2) is 17.6. The van der Waals surface area contributed by atoms with Crippen molar-refractivity contribution in [3.63, 3.8) is 0 Å². The van der Waals surface area contributed by atoms with E-state index in [-0.39, 0.29) is 5.41 Å². The molecule has 11 aromatic carbocycles. The number of para-hydroxylation sites is 4. The highest BCUT2D eigenvalue weighted by Gasteiger charge is 2.52. The normalized spacial score (nSPS) is 14.8. The minimum absolute atomic E-state index is 0.00156. The van der Waals surface area contributed by atoms with E-state index in [1.807, 2.05) is 0 Å². The Bertz CT molecular complexity index is 4250. The van der Waals surface area contributed by atoms with Gasteiger partial charge >= 0.3 is 0 Å². The van der Waals surface area contributed by atoms with Crippen molar-refractivity contribution in [2.24, 2.45) is 0 Å². The molecule has 1 aromatic heterocycles. The van der Waals surface area contributed by atoms with E-state index in [0.29, 0.717) is 0 Å². The first-order valence-corrected chi connectivity index (χ1v) is 27.8. The molecule has 3 nitrogen and oxygen atoms in total. The quantitative estimate of drug-likeness (QED) is 0.159. The van der Waals surface area contributed by atoms with Crippen LogP contribution in [0.1, 0.15) is 65.5 Å². The molecular weight excluding hydrogens is 945 g/mol. The molecule has 0 atom stereocenters. The van der Waals surface area contributed by atoms with Crippen molar-refractivity contribution in [3.8, 4) is 55.8 Å². The lowest BCUT2D eigenvalue weighted by atomic mass is 9.64. The third-order valence-electron chi connectivity index (χ3n) is 17.9. The molecule has 12 aromatic rings. The van der Waals surface area contributed by atoms with Gasteiger partial charge in [0.05, 0.1) is 22.5 Å². The highest BCUT2D eigenvalue weighted by atomic mass is 16.3. The maximum absolute atomic E-state index is 7.07. The number of furan rings is 1. The highest BCUT2D eigenvalue weighted by Crippen LogP contribution is 2.65. The van der Waals surface area contributed by atoms with Crippen molar-refractivity contribution >= 4 is 45.1 Å². The Morgan fingerprint density at radius 3 is 1.63 bits per heavy atom. The molecule has 0 amide bonds. The number of hydrogen-bond donors (Lipinski definition) is 0. The molecule has 0 saturated heterocycles. The van der Waals surface area contributed by atoms with Crippen LogP contribution in [-0.4, -0.2) is 0 Å². The van der Waals surface area contributed by atoms with Crippen molar-refractivity contribution in [1.29, 1.82) is 0 Å². The molecule has 3 heteroatoms. The second-order valence-corrected chi connectivity index (χ2v) is 21.7. The van der Waals surface area contributed by atoms with Crippen molar-refractivity contribution in [1.82, 2.24) is 0 Å². The summed E-state index contributed by atoms with van der Waals surface area (Å²) in [6.45, 7) is 0. The summed E-state index contributed by atoms with van der Waals surface area (Å²) in [7, 11) is 0. The van der Waals surface area contributed by atoms with Crippen LogP contribution in [0.3, 0.4) is 0 Å². The SMILES string of the molecule is c1ccc(-c2oc3c(-c4ccc(N(c5ccc6c(c5)C5(c7ccccc7-6)c6ccccc6N(c6ccccc6)c6ccccc65)c5cccc6c5-c5ccccc5C65CCCCC5)cc4)cccc3c2-c2ccccc2)cc1. The van der Waals surface area contributed by atoms with E-state index < -0.39 is 5.41 Å². The van der Waals surface area contributed by atoms with E-state index in [9.17, 15) is 0 Å². The van der Waals surface area contributed by atoms with Crippen LogP contribution in [0.2, 0.25) is 0 Å². The van der Waals surface area contributed by atoms with Crippen LogP contribution in [0.25, 0.3) is 66.8 Å². The molecule has 0 unspecified atom stereocenters. The van der Waals surface area contributed by atoms with Gasteiger partial charge in [-0.1, -0.05) is 232 Å². The van der Waals surface area contributed by atoms with Crippen LogP contribution in [0, 0.1) is 0 Å². The zero-order valence-corrected chi connectivity index (χ0v) is 43.2. The summed E-state index contributed by atoms with van der Waals surface area (Å²) in [6, 6.07) is 99.2. The Labute approximate surface area is 456 Å². The first kappa shape index (κ1) is 44.8. The standard InChI is InChI=1S/C75H54N2O/c1-5-23-51(24-6-1)70-60-32-21-31-56(73(60)78-72(70)52-25-7-2-8-26-52)50-41-43-54(44-42-50)76(69-40-22-37-65-71(69)59-30-12-13-33-61(59)74(65)47-19-4-20-48-74)55-45-46-58-57-29-11-14-34-62(57)75(66(58)49-55)63-35-15-17-38-67(63)77(53-27-9-3-10-28-53)68-39-18-16-36-64(68)75/h1-3,5-18,21-46,49H,4,19-20,47-48H2. The van der Waals surface area contributed by atoms with Gasteiger partial charge in [0.1, 0.15) is 11.3 Å². The van der Waals surface area contributed by atoms with Gasteiger partial charge in [0.15, 0.2) is 0 Å². The Morgan fingerprint density at radius 2 is 0.910 bits per heavy atom. The van der Waals surface area contributed by atoms with E-state index in [1.165, 1.54) is 105 Å². The van der Waals surface area contributed by atoms with Gasteiger partial charge in [0.25, 0.3) is 0 Å². The molecular formula is C75H54N2O. The van der Waals surface area contributed by atoms with Gasteiger partial charge in [0, 0.05) is 50.1 Å². The van der Waals surface area contributed by atoms with Crippen molar-refractivity contribution in [2.45, 2.75) is 42.9 Å². The van der Waals surface area contributed by atoms with Gasteiger partial charge in [-0.25, -0.2) is 0 Å². The Kier molecular flexibility index (Phi) is 10.1. The van der Waals surface area contributed by atoms with E-state index in [1.54, 1.807) is 0 Å². The van der Waals surface area contributed by atoms with Crippen molar-refractivity contribution in [3.05, 3.63) is 300 Å². The molecule has 2 spiro atoms. The predicted molar refractivity (Wildman–Crippen MR) is 322 cm³/mol. The fourth-order valence-electron chi connectivity index (χ4n) is 14.7. The molecule has 4 aliphatic rings. The van der Waals surface area contributed by atoms with Crippen LogP contribution in [0.4, 0.5) is 34.1 Å². The Hall–Kier alpha value is -9.44. The summed E-state index contributed by atoms with van der Waals surface area (Å²) < 4.78 is 7.07. The lowest BCUT2D eigenvalue weighted by molar-refractivity contribution is 0.353. The number of hydrogen-bond acceptors (Lipinski definition) is 3. The Balaban J connectivity index is 0.924. The highest BCUT2D eigenvalue weighted by molar-refractivity contribution is 6.07. The Morgan fingerprint density at radius 1 is 0.359 bits per heavy atom. The van der Waals surface area contributed by atoms with Gasteiger partial charge in [-0.3, -0.25) is 0 Å². The van der Waals surface area contributed by atoms with Gasteiger partial charge in [-0.2, -0.15) is 0 Å². The molecule has 1 aliphatic heterocycles. The van der Waals surface area contributed by atoms with E-state index in [2.05, 4.69) is 277 Å². The first-order valence-electron chi connectivity index (χ1n) is 27.8. The molecule has 16 rings (SSSR count). The van der Waals surface area contributed by atoms with Gasteiger partial charge in [-0.05, 0) is 129 Å². The summed E-state index contributed by atoms with van der Waals surface area (Å²) >= 11 is 0. The number of anilines is 6. The van der Waals surface area contributed by atoms with E-state index in [4.69, 9.17) is 4.42 Å². The summed E-state index contributed by atoms with van der Waals surface area (Å²) in [5, 5.41) is 1.10. The largest absolute Gasteiger partial charge is 0.455 e. The summed E-state index contributed by atoms with van der Waals surface area (Å²) in [6.07, 6.45) is 6.11. The molecule has 0 N–H and O–H groups in total. The summed E-state index contributed by atoms with van der Waals surface area (Å²) in [5.41, 5.74) is 26.1. The number of rotatable bonds is 7. The second-order valence-electron chi connectivity index (χ2n) is 21.7. The lowest BCUT2D eigenvalue weighted by Gasteiger charge is -2.45. The smallest absolute Gasteiger partial charge is 0.143 e. The first-order chi connectivity index (χ1) is 38.7. The molecule has 78 heavy (non-hydrogen) atoms. The fourth-order valence-corrected chi connectivity index (χ4v) is 14.7. The van der Waals surface area contributed by atoms with Gasteiger partial charge in [-0.15, -0.1) is 0 Å². The summed E-state index contributed by atoms with van der Waals surface area (Å²) in [4.78, 5) is 5.04. The van der Waals surface area contributed by atoms with Gasteiger partial charge in [0.2, 0.25) is 0 Å². The van der Waals surface area contributed by atoms with Crippen LogP contribution >= 0.6 is 0 Å². The monoisotopic (exact) mass is 998 g/mol. The lowest BCUT2D eigenvalue weighted by Crippen LogP contribution is -2.36. The maximum Gasteiger partial charge on any atom is 0.143 e. The fraction of sp³-hybridized carbons (Fsp3) is 0.0933. The summed E-state index contributed by atoms with van der Waals surface area (Å²) in [5.74, 6) is 0.883. The minimum atomic E-state index is -0.605. The molecule has 2 heterocycles. The van der Waals surface area contributed by atoms with Crippen LogP contribution in [0.5, 0.6) is 0 Å². The third kappa shape index (κ3) is 6.39. The molecule has 0 radical (unpaired) electrons. The maximum atomic E-state index is 7.07. The number of fused-ring (bicyclic) bond motifs is 15. The molecule has 0 bridgehead atoms. The van der Waals surface area contributed by atoms with E-state index >= 15 is 0 Å². The number of nitrogens with zero attached hydrogens (tertiary/aromatic N) is 2. The molecule has 1 saturated carbocycles. The van der Waals surface area contributed by atoms with Crippen LogP contribution < -0.4 is 9.80 Å². The minimum Gasteiger partial charge on any atom is -0.455 e. The van der Waals surface area contributed by atoms with Gasteiger partial charge < -0.3 is 14.2 Å². The van der Waals surface area contributed by atoms with Crippen LogP contribution in [-0.2, 0) is 10.8 Å². The van der Waals surface area contributed by atoms with Crippen molar-refractivity contribution < 1.29 is 4.42 Å². The topological polar surface area (TPSA) is 19.6 Å².